The molecular weight excluding hydrogens is 308 g/mol. The molecule has 0 aromatic heterocycles. The number of ether oxygens (including phenoxy) is 1. The van der Waals surface area contributed by atoms with Crippen molar-refractivity contribution in [3.05, 3.63) is 29.8 Å². The van der Waals surface area contributed by atoms with Gasteiger partial charge in [0, 0.05) is 18.7 Å². The molecule has 0 spiro atoms. The van der Waals surface area contributed by atoms with Crippen molar-refractivity contribution in [2.75, 3.05) is 18.5 Å². The van der Waals surface area contributed by atoms with Gasteiger partial charge in [-0.25, -0.2) is 0 Å². The van der Waals surface area contributed by atoms with E-state index < -0.39 is 17.3 Å². The van der Waals surface area contributed by atoms with Gasteiger partial charge in [0.2, 0.25) is 11.8 Å². The molecule has 2 amide bonds. The molecule has 1 saturated heterocycles. The van der Waals surface area contributed by atoms with Gasteiger partial charge in [0.15, 0.2) is 5.78 Å². The van der Waals surface area contributed by atoms with Crippen LogP contribution in [0.2, 0.25) is 0 Å². The van der Waals surface area contributed by atoms with E-state index in [1.165, 1.54) is 0 Å². The number of anilines is 1. The molecule has 0 radical (unpaired) electrons. The smallest absolute Gasteiger partial charge is 0.229 e. The Morgan fingerprint density at radius 1 is 1.38 bits per heavy atom. The zero-order valence-electron chi connectivity index (χ0n) is 13.5. The van der Waals surface area contributed by atoms with Gasteiger partial charge in [0.25, 0.3) is 0 Å². The fourth-order valence-corrected chi connectivity index (χ4v) is 4.06. The minimum atomic E-state index is -0.961. The highest BCUT2D eigenvalue weighted by atomic mass is 16.5. The molecule has 6 heteroatoms. The van der Waals surface area contributed by atoms with Gasteiger partial charge in [-0.05, 0) is 25.0 Å². The Balaban J connectivity index is 1.54. The number of nitrogens with one attached hydrogen (secondary N) is 2. The van der Waals surface area contributed by atoms with Gasteiger partial charge in [0.05, 0.1) is 29.0 Å². The first-order chi connectivity index (χ1) is 11.5. The number of Topliss-reactive ketones (excluding diaryl/α,β-unsaturated/α-hetero) is 1. The van der Waals surface area contributed by atoms with Crippen LogP contribution in [-0.4, -0.2) is 36.9 Å². The van der Waals surface area contributed by atoms with E-state index in [1.54, 1.807) is 31.2 Å². The third kappa shape index (κ3) is 2.17. The molecule has 4 atom stereocenters. The number of benzene rings is 1. The number of hydrogen-bond acceptors (Lipinski definition) is 4. The third-order valence-corrected chi connectivity index (χ3v) is 5.53. The van der Waals surface area contributed by atoms with Gasteiger partial charge >= 0.3 is 0 Å². The van der Waals surface area contributed by atoms with Crippen LogP contribution in [0.3, 0.4) is 0 Å². The monoisotopic (exact) mass is 328 g/mol. The third-order valence-electron chi connectivity index (χ3n) is 5.53. The summed E-state index contributed by atoms with van der Waals surface area (Å²) in [4.78, 5) is 38.0. The van der Waals surface area contributed by atoms with Crippen LogP contribution >= 0.6 is 0 Å². The first-order valence-corrected chi connectivity index (χ1v) is 8.37. The van der Waals surface area contributed by atoms with E-state index in [4.69, 9.17) is 4.74 Å². The lowest BCUT2D eigenvalue weighted by Gasteiger charge is -2.14. The summed E-state index contributed by atoms with van der Waals surface area (Å²) in [7, 11) is 0. The number of carbonyl (C=O) groups is 3. The quantitative estimate of drug-likeness (QED) is 0.878. The second-order valence-electron chi connectivity index (χ2n) is 6.98. The Bertz CT molecular complexity index is 725. The van der Waals surface area contributed by atoms with E-state index in [9.17, 15) is 14.4 Å². The fourth-order valence-electron chi connectivity index (χ4n) is 4.06. The summed E-state index contributed by atoms with van der Waals surface area (Å²) >= 11 is 0. The molecule has 1 saturated carbocycles. The van der Waals surface area contributed by atoms with Crippen LogP contribution in [0.1, 0.15) is 30.1 Å². The summed E-state index contributed by atoms with van der Waals surface area (Å²) in [5.74, 6) is -1.85. The lowest BCUT2D eigenvalue weighted by molar-refractivity contribution is -0.125. The van der Waals surface area contributed by atoms with Crippen LogP contribution in [-0.2, 0) is 14.3 Å². The van der Waals surface area contributed by atoms with Crippen LogP contribution in [0.4, 0.5) is 5.69 Å². The Morgan fingerprint density at radius 2 is 2.17 bits per heavy atom. The summed E-state index contributed by atoms with van der Waals surface area (Å²) in [6.45, 7) is 2.88. The molecule has 1 aromatic rings. The highest BCUT2D eigenvalue weighted by molar-refractivity contribution is 6.19. The Kier molecular flexibility index (Phi) is 3.46. The summed E-state index contributed by atoms with van der Waals surface area (Å²) in [5.41, 5.74) is 0.0434. The number of hydrogen-bond donors (Lipinski definition) is 2. The molecule has 2 heterocycles. The maximum atomic E-state index is 12.9. The molecule has 6 nitrogen and oxygen atoms in total. The Morgan fingerprint density at radius 3 is 2.92 bits per heavy atom. The summed E-state index contributed by atoms with van der Waals surface area (Å²) in [6.07, 6.45) is 1.97. The number of para-hydroxylation sites is 1. The minimum Gasteiger partial charge on any atom is -0.376 e. The fraction of sp³-hybridized carbons (Fsp3) is 0.500. The van der Waals surface area contributed by atoms with E-state index in [0.717, 1.165) is 19.4 Å². The highest BCUT2D eigenvalue weighted by Crippen LogP contribution is 2.62. The van der Waals surface area contributed by atoms with Gasteiger partial charge in [-0.3, -0.25) is 14.4 Å². The highest BCUT2D eigenvalue weighted by Gasteiger charge is 2.73. The van der Waals surface area contributed by atoms with Gasteiger partial charge in [-0.2, -0.15) is 0 Å². The van der Waals surface area contributed by atoms with Crippen molar-refractivity contribution in [1.82, 2.24) is 5.32 Å². The minimum absolute atomic E-state index is 0.0376. The summed E-state index contributed by atoms with van der Waals surface area (Å²) < 4.78 is 5.50. The van der Waals surface area contributed by atoms with Gasteiger partial charge in [-0.15, -0.1) is 0 Å². The number of rotatable bonds is 3. The Hall–Kier alpha value is -2.21. The predicted molar refractivity (Wildman–Crippen MR) is 86.5 cm³/mol. The average Bonchev–Trinajstić information content (AvgIpc) is 2.95. The van der Waals surface area contributed by atoms with E-state index >= 15 is 0 Å². The second kappa shape index (κ2) is 5.41. The van der Waals surface area contributed by atoms with Crippen LogP contribution in [0.25, 0.3) is 0 Å². The second-order valence-corrected chi connectivity index (χ2v) is 6.98. The molecule has 2 N–H and O–H groups in total. The number of ketones is 1. The molecular formula is C18H20N2O4. The molecule has 24 heavy (non-hydrogen) atoms. The summed E-state index contributed by atoms with van der Waals surface area (Å²) in [6, 6.07) is 6.95. The van der Waals surface area contributed by atoms with Crippen molar-refractivity contribution >= 4 is 23.3 Å². The normalized spacial score (nSPS) is 34.0. The molecule has 1 aliphatic carbocycles. The molecule has 1 aromatic carbocycles. The molecule has 126 valence electrons. The van der Waals surface area contributed by atoms with Crippen molar-refractivity contribution in [2.45, 2.75) is 25.9 Å². The zero-order chi connectivity index (χ0) is 16.9. The van der Waals surface area contributed by atoms with E-state index in [-0.39, 0.29) is 23.7 Å². The van der Waals surface area contributed by atoms with Crippen LogP contribution in [0.15, 0.2) is 24.3 Å². The summed E-state index contributed by atoms with van der Waals surface area (Å²) in [5, 5.41) is 5.64. The molecule has 4 rings (SSSR count). The first-order valence-electron chi connectivity index (χ1n) is 8.37. The number of carbonyl (C=O) groups excluding carboxylic acids is 3. The average molecular weight is 328 g/mol. The zero-order valence-corrected chi connectivity index (χ0v) is 13.5. The predicted octanol–water partition coefficient (Wildman–Crippen LogP) is 1.37. The lowest BCUT2D eigenvalue weighted by Crippen LogP contribution is -2.35. The topological polar surface area (TPSA) is 84.5 Å². The van der Waals surface area contributed by atoms with E-state index in [0.29, 0.717) is 17.8 Å². The molecule has 3 aliphatic rings. The largest absolute Gasteiger partial charge is 0.376 e. The van der Waals surface area contributed by atoms with Crippen molar-refractivity contribution < 1.29 is 19.1 Å². The molecule has 0 bridgehead atoms. The number of amides is 2. The number of fused-ring (bicyclic) bond motifs is 2. The van der Waals surface area contributed by atoms with Crippen molar-refractivity contribution in [3.8, 4) is 0 Å². The molecule has 2 aliphatic heterocycles. The van der Waals surface area contributed by atoms with Crippen molar-refractivity contribution in [3.63, 3.8) is 0 Å². The van der Waals surface area contributed by atoms with E-state index in [1.807, 2.05) is 0 Å². The van der Waals surface area contributed by atoms with Crippen LogP contribution in [0.5, 0.6) is 0 Å². The standard InChI is InChI=1S/C18H20N2O4/c1-18-13(16(22)19-9-10-5-4-8-24-10)14(18)17(23)20-12-7-3-2-6-11(12)15(18)21/h2-3,6-7,10,13-14H,4-5,8-9H2,1H3,(H,19,22)(H,20,23)/t10-,13-,14+,18+/m0/s1. The maximum Gasteiger partial charge on any atom is 0.229 e. The van der Waals surface area contributed by atoms with Gasteiger partial charge < -0.3 is 15.4 Å². The molecule has 0 unspecified atom stereocenters. The van der Waals surface area contributed by atoms with Crippen molar-refractivity contribution in [2.24, 2.45) is 17.3 Å². The Labute approximate surface area is 139 Å². The SMILES string of the molecule is C[C@]12C(=O)c3ccccc3NC(=O)[C@H]1[C@H]2C(=O)NC[C@@H]1CCCO1. The van der Waals surface area contributed by atoms with E-state index in [2.05, 4.69) is 10.6 Å². The maximum absolute atomic E-state index is 12.9. The lowest BCUT2D eigenvalue weighted by atomic mass is 9.92. The molecule has 2 fully saturated rings. The first kappa shape index (κ1) is 15.3. The van der Waals surface area contributed by atoms with Crippen LogP contribution in [0, 0.1) is 17.3 Å². The van der Waals surface area contributed by atoms with Crippen LogP contribution < -0.4 is 10.6 Å². The van der Waals surface area contributed by atoms with Gasteiger partial charge in [0.1, 0.15) is 0 Å². The van der Waals surface area contributed by atoms with Gasteiger partial charge in [-0.1, -0.05) is 19.1 Å². The van der Waals surface area contributed by atoms with Crippen molar-refractivity contribution in [1.29, 1.82) is 0 Å².